The number of nitrogens with zero attached hydrogens (tertiary/aromatic N) is 2. The molecule has 1 N–H and O–H groups in total. The number of hydrogen-bond acceptors (Lipinski definition) is 5. The lowest BCUT2D eigenvalue weighted by atomic mass is 10.1. The van der Waals surface area contributed by atoms with Crippen molar-refractivity contribution in [2.45, 2.75) is 33.0 Å². The number of benzene rings is 2. The summed E-state index contributed by atoms with van der Waals surface area (Å²) in [5.41, 5.74) is 1.15. The molecule has 7 nitrogen and oxygen atoms in total. The Morgan fingerprint density at radius 1 is 1.16 bits per heavy atom. The maximum atomic E-state index is 11.9. The molecule has 0 atom stereocenters. The third kappa shape index (κ3) is 5.50. The summed E-state index contributed by atoms with van der Waals surface area (Å²) in [6, 6.07) is 14.9. The van der Waals surface area contributed by atoms with Gasteiger partial charge in [-0.1, -0.05) is 46.3 Å². The molecule has 0 fully saturated rings. The van der Waals surface area contributed by atoms with E-state index in [1.165, 1.54) is 12.3 Å². The Hall–Kier alpha value is -3.26. The van der Waals surface area contributed by atoms with Crippen LogP contribution < -0.4 is 19.9 Å². The molecule has 1 aromatic heterocycles. The SMILES string of the molecule is COc1cc(Br)c(CN(C(C)C)n2ccc(=O)c(C(=O)O)c2)cc1OCc1ccccc1. The van der Waals surface area contributed by atoms with E-state index >= 15 is 0 Å². The van der Waals surface area contributed by atoms with Gasteiger partial charge in [-0.2, -0.15) is 0 Å². The van der Waals surface area contributed by atoms with Gasteiger partial charge >= 0.3 is 5.97 Å². The van der Waals surface area contributed by atoms with Gasteiger partial charge in [-0.15, -0.1) is 0 Å². The molecule has 3 rings (SSSR count). The molecule has 0 unspecified atom stereocenters. The van der Waals surface area contributed by atoms with Crippen LogP contribution in [0.3, 0.4) is 0 Å². The monoisotopic (exact) mass is 500 g/mol. The molecule has 0 aliphatic carbocycles. The highest BCUT2D eigenvalue weighted by molar-refractivity contribution is 9.10. The van der Waals surface area contributed by atoms with Crippen LogP contribution in [-0.2, 0) is 13.2 Å². The van der Waals surface area contributed by atoms with E-state index in [-0.39, 0.29) is 11.6 Å². The van der Waals surface area contributed by atoms with Gasteiger partial charge in [0, 0.05) is 29.0 Å². The zero-order valence-corrected chi connectivity index (χ0v) is 19.7. The van der Waals surface area contributed by atoms with E-state index < -0.39 is 11.4 Å². The smallest absolute Gasteiger partial charge is 0.341 e. The molecule has 0 bridgehead atoms. The number of rotatable bonds is 9. The van der Waals surface area contributed by atoms with Crippen molar-refractivity contribution < 1.29 is 19.4 Å². The van der Waals surface area contributed by atoms with E-state index in [2.05, 4.69) is 15.9 Å². The van der Waals surface area contributed by atoms with Crippen molar-refractivity contribution in [3.05, 3.63) is 92.3 Å². The van der Waals surface area contributed by atoms with Gasteiger partial charge in [-0.25, -0.2) is 4.79 Å². The van der Waals surface area contributed by atoms with E-state index in [1.807, 2.05) is 61.3 Å². The Morgan fingerprint density at radius 3 is 2.50 bits per heavy atom. The van der Waals surface area contributed by atoms with Crippen molar-refractivity contribution in [1.29, 1.82) is 0 Å². The van der Waals surface area contributed by atoms with Crippen LogP contribution >= 0.6 is 15.9 Å². The molecular formula is C24H25BrN2O5. The molecule has 0 saturated carbocycles. The van der Waals surface area contributed by atoms with Crippen molar-refractivity contribution in [2.75, 3.05) is 12.1 Å². The maximum Gasteiger partial charge on any atom is 0.341 e. The van der Waals surface area contributed by atoms with Crippen LogP contribution in [-0.4, -0.2) is 28.9 Å². The zero-order valence-electron chi connectivity index (χ0n) is 18.1. The summed E-state index contributed by atoms with van der Waals surface area (Å²) in [4.78, 5) is 23.3. The second-order valence-electron chi connectivity index (χ2n) is 7.47. The van der Waals surface area contributed by atoms with Gasteiger partial charge in [-0.3, -0.25) is 9.47 Å². The summed E-state index contributed by atoms with van der Waals surface area (Å²) in [6.07, 6.45) is 2.91. The molecule has 0 amide bonds. The molecule has 168 valence electrons. The van der Waals surface area contributed by atoms with Gasteiger partial charge in [0.15, 0.2) is 16.9 Å². The normalized spacial score (nSPS) is 10.8. The van der Waals surface area contributed by atoms with Gasteiger partial charge < -0.3 is 19.6 Å². The molecule has 0 spiro atoms. The first kappa shape index (κ1) is 23.4. The highest BCUT2D eigenvalue weighted by Crippen LogP contribution is 2.34. The predicted octanol–water partition coefficient (Wildman–Crippen LogP) is 4.44. The Kier molecular flexibility index (Phi) is 7.58. The number of carbonyl (C=O) groups is 1. The number of carboxylic acid groups (broad SMARTS) is 1. The van der Waals surface area contributed by atoms with E-state index in [0.29, 0.717) is 24.7 Å². The maximum absolute atomic E-state index is 11.9. The minimum Gasteiger partial charge on any atom is -0.493 e. The summed E-state index contributed by atoms with van der Waals surface area (Å²) in [7, 11) is 1.59. The number of aromatic nitrogens is 1. The van der Waals surface area contributed by atoms with Crippen molar-refractivity contribution in [3.8, 4) is 11.5 Å². The first-order valence-electron chi connectivity index (χ1n) is 10.1. The lowest BCUT2D eigenvalue weighted by Crippen LogP contribution is -2.40. The van der Waals surface area contributed by atoms with Crippen LogP contribution in [0.5, 0.6) is 11.5 Å². The highest BCUT2D eigenvalue weighted by atomic mass is 79.9. The van der Waals surface area contributed by atoms with Crippen molar-refractivity contribution in [1.82, 2.24) is 4.68 Å². The molecule has 0 aliphatic heterocycles. The van der Waals surface area contributed by atoms with Crippen LogP contribution in [0.25, 0.3) is 0 Å². The Labute approximate surface area is 194 Å². The molecule has 32 heavy (non-hydrogen) atoms. The third-order valence-electron chi connectivity index (χ3n) is 4.93. The van der Waals surface area contributed by atoms with Gasteiger partial charge in [-0.05, 0) is 37.1 Å². The molecule has 3 aromatic rings. The predicted molar refractivity (Wildman–Crippen MR) is 126 cm³/mol. The van der Waals surface area contributed by atoms with Crippen LogP contribution in [0, 0.1) is 0 Å². The lowest BCUT2D eigenvalue weighted by molar-refractivity contribution is 0.0694. The largest absolute Gasteiger partial charge is 0.493 e. The van der Waals surface area contributed by atoms with Crippen molar-refractivity contribution in [3.63, 3.8) is 0 Å². The summed E-state index contributed by atoms with van der Waals surface area (Å²) < 4.78 is 14.0. The minimum atomic E-state index is -1.25. The van der Waals surface area contributed by atoms with Crippen LogP contribution in [0.4, 0.5) is 0 Å². The zero-order chi connectivity index (χ0) is 23.3. The fourth-order valence-corrected chi connectivity index (χ4v) is 3.65. The van der Waals surface area contributed by atoms with E-state index in [9.17, 15) is 14.7 Å². The standard InChI is InChI=1S/C24H25BrN2O5/c1-16(2)27(26-10-9-21(28)19(14-26)24(29)30)13-18-11-23(22(31-3)12-20(18)25)32-15-17-7-5-4-6-8-17/h4-12,14,16H,13,15H2,1-3H3,(H,29,30). The number of hydrogen-bond donors (Lipinski definition) is 1. The second kappa shape index (κ2) is 10.4. The van der Waals surface area contributed by atoms with Crippen LogP contribution in [0.2, 0.25) is 0 Å². The van der Waals surface area contributed by atoms with Gasteiger partial charge in [0.05, 0.1) is 13.7 Å². The average Bonchev–Trinajstić information content (AvgIpc) is 2.78. The fraction of sp³-hybridized carbons (Fsp3) is 0.250. The number of halogens is 1. The first-order chi connectivity index (χ1) is 15.3. The second-order valence-corrected chi connectivity index (χ2v) is 8.32. The van der Waals surface area contributed by atoms with Crippen molar-refractivity contribution in [2.24, 2.45) is 0 Å². The molecule has 0 aliphatic rings. The number of ether oxygens (including phenoxy) is 2. The first-order valence-corrected chi connectivity index (χ1v) is 10.8. The van der Waals surface area contributed by atoms with Gasteiger partial charge in [0.2, 0.25) is 0 Å². The van der Waals surface area contributed by atoms with Crippen LogP contribution in [0.1, 0.15) is 35.3 Å². The number of pyridine rings is 1. The third-order valence-corrected chi connectivity index (χ3v) is 5.67. The summed E-state index contributed by atoms with van der Waals surface area (Å²) in [5, 5.41) is 11.3. The Balaban J connectivity index is 1.92. The molecule has 0 radical (unpaired) electrons. The van der Waals surface area contributed by atoms with E-state index in [1.54, 1.807) is 18.0 Å². The van der Waals surface area contributed by atoms with Crippen LogP contribution in [0.15, 0.2) is 70.2 Å². The molecule has 8 heteroatoms. The molecule has 0 saturated heterocycles. The highest BCUT2D eigenvalue weighted by Gasteiger charge is 2.18. The topological polar surface area (TPSA) is 81.0 Å². The number of methoxy groups -OCH3 is 1. The molecule has 1 heterocycles. The lowest BCUT2D eigenvalue weighted by Gasteiger charge is -2.32. The Bertz CT molecular complexity index is 1140. The summed E-state index contributed by atoms with van der Waals surface area (Å²) in [6.45, 7) is 4.81. The number of carboxylic acids is 1. The van der Waals surface area contributed by atoms with Crippen molar-refractivity contribution >= 4 is 21.9 Å². The van der Waals surface area contributed by atoms with E-state index in [4.69, 9.17) is 9.47 Å². The average molecular weight is 501 g/mol. The van der Waals surface area contributed by atoms with Gasteiger partial charge in [0.25, 0.3) is 0 Å². The summed E-state index contributed by atoms with van der Waals surface area (Å²) >= 11 is 3.60. The quantitative estimate of drug-likeness (QED) is 0.467. The molecule has 2 aromatic carbocycles. The fourth-order valence-electron chi connectivity index (χ4n) is 3.20. The minimum absolute atomic E-state index is 0.0156. The van der Waals surface area contributed by atoms with Gasteiger partial charge in [0.1, 0.15) is 12.2 Å². The molecular weight excluding hydrogens is 476 g/mol. The summed E-state index contributed by atoms with van der Waals surface area (Å²) in [5.74, 6) is -0.0520. The Morgan fingerprint density at radius 2 is 1.88 bits per heavy atom. The van der Waals surface area contributed by atoms with E-state index in [0.717, 1.165) is 15.6 Å². The number of aromatic carboxylic acids is 1.